The van der Waals surface area contributed by atoms with Crippen LogP contribution >= 0.6 is 0 Å². The molecule has 0 heterocycles. The van der Waals surface area contributed by atoms with E-state index in [9.17, 15) is 9.59 Å². The van der Waals surface area contributed by atoms with Crippen LogP contribution in [0.3, 0.4) is 0 Å². The van der Waals surface area contributed by atoms with Crippen LogP contribution in [-0.2, 0) is 16.0 Å². The van der Waals surface area contributed by atoms with Gasteiger partial charge in [-0.1, -0.05) is 48.5 Å². The second-order valence-corrected chi connectivity index (χ2v) is 4.47. The average Bonchev–Trinajstić information content (AvgIpc) is 2.50. The summed E-state index contributed by atoms with van der Waals surface area (Å²) in [6.45, 7) is 2.34. The summed E-state index contributed by atoms with van der Waals surface area (Å²) in [4.78, 5) is 25.9. The number of carbonyl (C=O) groups is 2. The summed E-state index contributed by atoms with van der Waals surface area (Å²) in [5, 5.41) is 0. The lowest BCUT2D eigenvalue weighted by molar-refractivity contribution is -0.135. The van der Waals surface area contributed by atoms with Crippen molar-refractivity contribution in [1.82, 2.24) is 0 Å². The molecular formula is C17H17NO2. The number of likely N-dealkylation sites (N-methyl/N-ethyl adjacent to an activating group) is 1. The highest BCUT2D eigenvalue weighted by Gasteiger charge is 2.21. The molecule has 0 aliphatic heterocycles. The zero-order chi connectivity index (χ0) is 14.4. The molecule has 0 atom stereocenters. The van der Waals surface area contributed by atoms with Crippen molar-refractivity contribution in [2.45, 2.75) is 13.3 Å². The van der Waals surface area contributed by atoms with E-state index in [4.69, 9.17) is 0 Å². The van der Waals surface area contributed by atoms with Gasteiger partial charge >= 0.3 is 0 Å². The van der Waals surface area contributed by atoms with E-state index in [1.54, 1.807) is 0 Å². The number of anilines is 1. The maximum Gasteiger partial charge on any atom is 0.294 e. The first-order chi connectivity index (χ1) is 9.72. The smallest absolute Gasteiger partial charge is 0.294 e. The van der Waals surface area contributed by atoms with Gasteiger partial charge in [-0.3, -0.25) is 9.59 Å². The molecule has 0 unspecified atom stereocenters. The molecule has 0 radical (unpaired) electrons. The molecular weight excluding hydrogens is 250 g/mol. The van der Waals surface area contributed by atoms with E-state index in [0.717, 1.165) is 11.3 Å². The molecule has 3 heteroatoms. The molecule has 0 aliphatic rings. The zero-order valence-electron chi connectivity index (χ0n) is 11.5. The molecule has 2 rings (SSSR count). The minimum atomic E-state index is -0.456. The van der Waals surface area contributed by atoms with E-state index in [1.165, 1.54) is 4.90 Å². The Morgan fingerprint density at radius 3 is 2.00 bits per heavy atom. The van der Waals surface area contributed by atoms with E-state index in [0.29, 0.717) is 6.54 Å². The lowest BCUT2D eigenvalue weighted by atomic mass is 10.1. The third-order valence-corrected chi connectivity index (χ3v) is 3.08. The van der Waals surface area contributed by atoms with Gasteiger partial charge in [-0.25, -0.2) is 0 Å². The van der Waals surface area contributed by atoms with Crippen molar-refractivity contribution in [2.75, 3.05) is 11.4 Å². The van der Waals surface area contributed by atoms with Crippen molar-refractivity contribution in [1.29, 1.82) is 0 Å². The topological polar surface area (TPSA) is 37.4 Å². The Hall–Kier alpha value is -2.42. The highest BCUT2D eigenvalue weighted by Crippen LogP contribution is 2.14. The molecule has 3 nitrogen and oxygen atoms in total. The van der Waals surface area contributed by atoms with Crippen LogP contribution in [0, 0.1) is 0 Å². The molecule has 0 bridgehead atoms. The van der Waals surface area contributed by atoms with Crippen molar-refractivity contribution in [3.63, 3.8) is 0 Å². The maximum absolute atomic E-state index is 12.3. The minimum absolute atomic E-state index is 0.142. The lowest BCUT2D eigenvalue weighted by Crippen LogP contribution is -2.37. The fourth-order valence-electron chi connectivity index (χ4n) is 2.06. The van der Waals surface area contributed by atoms with E-state index >= 15 is 0 Å². The van der Waals surface area contributed by atoms with Crippen molar-refractivity contribution >= 4 is 17.4 Å². The first kappa shape index (κ1) is 14.0. The molecule has 2 aromatic rings. The van der Waals surface area contributed by atoms with Gasteiger partial charge in [-0.05, 0) is 24.6 Å². The predicted octanol–water partition coefficient (Wildman–Crippen LogP) is 2.85. The number of benzene rings is 2. The number of ketones is 1. The average molecular weight is 267 g/mol. The third-order valence-electron chi connectivity index (χ3n) is 3.08. The van der Waals surface area contributed by atoms with Crippen LogP contribution in [0.2, 0.25) is 0 Å². The zero-order valence-corrected chi connectivity index (χ0v) is 11.5. The summed E-state index contributed by atoms with van der Waals surface area (Å²) >= 11 is 0. The number of hydrogen-bond donors (Lipinski definition) is 0. The van der Waals surface area contributed by atoms with E-state index in [2.05, 4.69) is 0 Å². The summed E-state index contributed by atoms with van der Waals surface area (Å²) < 4.78 is 0. The largest absolute Gasteiger partial charge is 0.306 e. The predicted molar refractivity (Wildman–Crippen MR) is 79.6 cm³/mol. The van der Waals surface area contributed by atoms with Gasteiger partial charge in [0.25, 0.3) is 5.91 Å². The van der Waals surface area contributed by atoms with Gasteiger partial charge in [0, 0.05) is 18.7 Å². The molecule has 2 aromatic carbocycles. The Balaban J connectivity index is 2.11. The molecule has 0 aliphatic carbocycles. The summed E-state index contributed by atoms with van der Waals surface area (Å²) in [5.41, 5.74) is 1.61. The first-order valence-electron chi connectivity index (χ1n) is 6.66. The quantitative estimate of drug-likeness (QED) is 0.781. The van der Waals surface area contributed by atoms with Crippen LogP contribution in [-0.4, -0.2) is 18.2 Å². The summed E-state index contributed by atoms with van der Waals surface area (Å²) in [6, 6.07) is 18.6. The fraction of sp³-hybridized carbons (Fsp3) is 0.176. The van der Waals surface area contributed by atoms with Crippen LogP contribution in [0.1, 0.15) is 12.5 Å². The number of nitrogens with zero attached hydrogens (tertiary/aromatic N) is 1. The van der Waals surface area contributed by atoms with Crippen molar-refractivity contribution < 1.29 is 9.59 Å². The number of hydrogen-bond acceptors (Lipinski definition) is 2. The molecule has 0 N–H and O–H groups in total. The number of para-hydroxylation sites is 1. The Morgan fingerprint density at radius 1 is 0.900 bits per heavy atom. The first-order valence-corrected chi connectivity index (χ1v) is 6.66. The molecule has 0 aromatic heterocycles. The normalized spacial score (nSPS) is 10.1. The number of amides is 1. The number of Topliss-reactive ketones (excluding diaryl/α,β-unsaturated/α-hetero) is 1. The molecule has 1 amide bonds. The van der Waals surface area contributed by atoms with Gasteiger partial charge < -0.3 is 4.90 Å². The van der Waals surface area contributed by atoms with Crippen LogP contribution in [0.5, 0.6) is 0 Å². The molecule has 102 valence electrons. The molecule has 0 saturated carbocycles. The van der Waals surface area contributed by atoms with Gasteiger partial charge in [0.2, 0.25) is 5.78 Å². The Bertz CT molecular complexity index is 578. The second-order valence-electron chi connectivity index (χ2n) is 4.47. The second kappa shape index (κ2) is 6.66. The van der Waals surface area contributed by atoms with Gasteiger partial charge in [0.1, 0.15) is 0 Å². The van der Waals surface area contributed by atoms with Crippen LogP contribution < -0.4 is 4.90 Å². The van der Waals surface area contributed by atoms with Crippen LogP contribution in [0.25, 0.3) is 0 Å². The van der Waals surface area contributed by atoms with E-state index in [1.807, 2.05) is 67.6 Å². The van der Waals surface area contributed by atoms with Crippen molar-refractivity contribution in [2.24, 2.45) is 0 Å². The van der Waals surface area contributed by atoms with Crippen molar-refractivity contribution in [3.05, 3.63) is 66.2 Å². The Labute approximate surface area is 118 Å². The molecule has 20 heavy (non-hydrogen) atoms. The standard InChI is InChI=1S/C17H17NO2/c1-2-18(15-11-7-4-8-12-15)17(20)16(19)13-14-9-5-3-6-10-14/h3-12H,2,13H2,1H3. The Kier molecular flexibility index (Phi) is 4.66. The fourth-order valence-corrected chi connectivity index (χ4v) is 2.06. The van der Waals surface area contributed by atoms with E-state index in [-0.39, 0.29) is 12.2 Å². The molecule has 0 spiro atoms. The van der Waals surface area contributed by atoms with Crippen LogP contribution in [0.4, 0.5) is 5.69 Å². The molecule has 0 fully saturated rings. The summed E-state index contributed by atoms with van der Waals surface area (Å²) in [7, 11) is 0. The SMILES string of the molecule is CCN(C(=O)C(=O)Cc1ccccc1)c1ccccc1. The van der Waals surface area contributed by atoms with Gasteiger partial charge in [0.15, 0.2) is 0 Å². The van der Waals surface area contributed by atoms with E-state index < -0.39 is 5.91 Å². The number of rotatable bonds is 5. The lowest BCUT2D eigenvalue weighted by Gasteiger charge is -2.20. The Morgan fingerprint density at radius 2 is 1.45 bits per heavy atom. The minimum Gasteiger partial charge on any atom is -0.306 e. The molecule has 0 saturated heterocycles. The highest BCUT2D eigenvalue weighted by molar-refractivity contribution is 6.41. The van der Waals surface area contributed by atoms with Crippen LogP contribution in [0.15, 0.2) is 60.7 Å². The van der Waals surface area contributed by atoms with Gasteiger partial charge in [0.05, 0.1) is 0 Å². The summed E-state index contributed by atoms with van der Waals surface area (Å²) in [6.07, 6.45) is 0.142. The highest BCUT2D eigenvalue weighted by atomic mass is 16.2. The maximum atomic E-state index is 12.3. The monoisotopic (exact) mass is 267 g/mol. The number of carbonyl (C=O) groups excluding carboxylic acids is 2. The summed E-state index contributed by atoms with van der Waals surface area (Å²) in [5.74, 6) is -0.843. The van der Waals surface area contributed by atoms with Crippen molar-refractivity contribution in [3.8, 4) is 0 Å². The van der Waals surface area contributed by atoms with Gasteiger partial charge in [-0.2, -0.15) is 0 Å². The van der Waals surface area contributed by atoms with Gasteiger partial charge in [-0.15, -0.1) is 0 Å². The third kappa shape index (κ3) is 3.32.